The van der Waals surface area contributed by atoms with Crippen LogP contribution >= 0.6 is 0 Å². The lowest BCUT2D eigenvalue weighted by molar-refractivity contribution is 0.102. The molecule has 1 amide bonds. The van der Waals surface area contributed by atoms with Crippen LogP contribution in [0.2, 0.25) is 0 Å². The first-order chi connectivity index (χ1) is 16.1. The molecule has 0 saturated carbocycles. The number of benzene rings is 3. The van der Waals surface area contributed by atoms with E-state index in [1.165, 1.54) is 0 Å². The molecule has 3 rings (SSSR count). The van der Waals surface area contributed by atoms with Gasteiger partial charge in [0.1, 0.15) is 12.4 Å². The molecule has 1 N–H and O–H groups in total. The third-order valence-corrected chi connectivity index (χ3v) is 4.83. The standard InChI is InChI=1S/C27H28N2O4/c1-3-17-32-25-14-11-21(18-26(25)31-4-2)27(30)29-24-8-6-5-7-22(24)19-33-23-12-9-20(10-13-23)15-16-28/h5-14,18H,3-4,15,17,19H2,1-2H3,(H,29,30). The molecule has 0 aromatic heterocycles. The van der Waals surface area contributed by atoms with Crippen LogP contribution in [0.25, 0.3) is 0 Å². The topological polar surface area (TPSA) is 80.6 Å². The van der Waals surface area contributed by atoms with E-state index >= 15 is 0 Å². The van der Waals surface area contributed by atoms with Gasteiger partial charge in [-0.05, 0) is 55.3 Å². The second-order valence-corrected chi connectivity index (χ2v) is 7.32. The first kappa shape index (κ1) is 23.7. The molecule has 0 bridgehead atoms. The molecule has 0 atom stereocenters. The number of nitrogens with one attached hydrogen (secondary N) is 1. The van der Waals surface area contributed by atoms with Crippen molar-refractivity contribution < 1.29 is 19.0 Å². The Hall–Kier alpha value is -3.98. The Morgan fingerprint density at radius 2 is 1.73 bits per heavy atom. The summed E-state index contributed by atoms with van der Waals surface area (Å²) >= 11 is 0. The van der Waals surface area contributed by atoms with Crippen molar-refractivity contribution in [2.45, 2.75) is 33.3 Å². The summed E-state index contributed by atoms with van der Waals surface area (Å²) in [6.45, 7) is 5.28. The van der Waals surface area contributed by atoms with E-state index in [0.29, 0.717) is 54.7 Å². The summed E-state index contributed by atoms with van der Waals surface area (Å²) in [7, 11) is 0. The van der Waals surface area contributed by atoms with Crippen molar-refractivity contribution in [1.29, 1.82) is 5.26 Å². The Bertz CT molecular complexity index is 1100. The van der Waals surface area contributed by atoms with Gasteiger partial charge in [-0.2, -0.15) is 5.26 Å². The van der Waals surface area contributed by atoms with Crippen molar-refractivity contribution in [3.05, 3.63) is 83.4 Å². The number of amides is 1. The molecule has 0 unspecified atom stereocenters. The zero-order valence-corrected chi connectivity index (χ0v) is 19.0. The highest BCUT2D eigenvalue weighted by atomic mass is 16.5. The molecule has 33 heavy (non-hydrogen) atoms. The Morgan fingerprint density at radius 3 is 2.45 bits per heavy atom. The predicted molar refractivity (Wildman–Crippen MR) is 128 cm³/mol. The van der Waals surface area contributed by atoms with Gasteiger partial charge in [-0.1, -0.05) is 37.3 Å². The summed E-state index contributed by atoms with van der Waals surface area (Å²) in [5, 5.41) is 11.8. The number of rotatable bonds is 11. The predicted octanol–water partition coefficient (Wildman–Crippen LogP) is 5.77. The summed E-state index contributed by atoms with van der Waals surface area (Å²) < 4.78 is 17.3. The molecule has 0 aliphatic carbocycles. The van der Waals surface area contributed by atoms with E-state index < -0.39 is 0 Å². The summed E-state index contributed by atoms with van der Waals surface area (Å²) in [6, 6.07) is 22.3. The van der Waals surface area contributed by atoms with Gasteiger partial charge in [0.25, 0.3) is 5.91 Å². The van der Waals surface area contributed by atoms with Crippen molar-refractivity contribution in [2.75, 3.05) is 18.5 Å². The van der Waals surface area contributed by atoms with Crippen molar-refractivity contribution in [1.82, 2.24) is 0 Å². The summed E-state index contributed by atoms with van der Waals surface area (Å²) in [5.74, 6) is 1.63. The second kappa shape index (κ2) is 12.2. The van der Waals surface area contributed by atoms with Crippen molar-refractivity contribution in [3.63, 3.8) is 0 Å². The molecule has 0 radical (unpaired) electrons. The highest BCUT2D eigenvalue weighted by Crippen LogP contribution is 2.29. The van der Waals surface area contributed by atoms with E-state index in [-0.39, 0.29) is 5.91 Å². The van der Waals surface area contributed by atoms with Crippen LogP contribution in [0.15, 0.2) is 66.7 Å². The first-order valence-electron chi connectivity index (χ1n) is 11.0. The lowest BCUT2D eigenvalue weighted by Gasteiger charge is -2.15. The van der Waals surface area contributed by atoms with Crippen LogP contribution in [0.3, 0.4) is 0 Å². The van der Waals surface area contributed by atoms with E-state index in [0.717, 1.165) is 17.5 Å². The lowest BCUT2D eigenvalue weighted by Crippen LogP contribution is -2.14. The van der Waals surface area contributed by atoms with Gasteiger partial charge in [-0.3, -0.25) is 4.79 Å². The van der Waals surface area contributed by atoms with E-state index in [1.807, 2.05) is 62.4 Å². The van der Waals surface area contributed by atoms with E-state index in [1.54, 1.807) is 18.2 Å². The summed E-state index contributed by atoms with van der Waals surface area (Å²) in [5.41, 5.74) is 2.94. The molecule has 6 heteroatoms. The molecule has 0 fully saturated rings. The minimum absolute atomic E-state index is 0.244. The lowest BCUT2D eigenvalue weighted by atomic mass is 10.1. The summed E-state index contributed by atoms with van der Waals surface area (Å²) in [4.78, 5) is 12.9. The number of hydrogen-bond donors (Lipinski definition) is 1. The van der Waals surface area contributed by atoms with Gasteiger partial charge >= 0.3 is 0 Å². The van der Waals surface area contributed by atoms with Crippen LogP contribution in [0, 0.1) is 11.3 Å². The molecule has 170 valence electrons. The SMILES string of the molecule is CCCOc1ccc(C(=O)Nc2ccccc2COc2ccc(CC#N)cc2)cc1OCC. The van der Waals surface area contributed by atoms with Crippen LogP contribution in [0.5, 0.6) is 17.2 Å². The fourth-order valence-corrected chi connectivity index (χ4v) is 3.17. The van der Waals surface area contributed by atoms with Gasteiger partial charge < -0.3 is 19.5 Å². The van der Waals surface area contributed by atoms with Crippen molar-refractivity contribution >= 4 is 11.6 Å². The quantitative estimate of drug-likeness (QED) is 0.406. The fraction of sp³-hybridized carbons (Fsp3) is 0.259. The zero-order valence-electron chi connectivity index (χ0n) is 19.0. The molecular weight excluding hydrogens is 416 g/mol. The minimum Gasteiger partial charge on any atom is -0.490 e. The van der Waals surface area contributed by atoms with Gasteiger partial charge in [-0.15, -0.1) is 0 Å². The number of carbonyl (C=O) groups excluding carboxylic acids is 1. The highest BCUT2D eigenvalue weighted by molar-refractivity contribution is 6.05. The number of para-hydroxylation sites is 1. The van der Waals surface area contributed by atoms with E-state index in [9.17, 15) is 4.79 Å². The Balaban J connectivity index is 1.70. The van der Waals surface area contributed by atoms with Crippen molar-refractivity contribution in [3.8, 4) is 23.3 Å². The molecule has 0 saturated heterocycles. The van der Waals surface area contributed by atoms with E-state index in [4.69, 9.17) is 19.5 Å². The average Bonchev–Trinajstić information content (AvgIpc) is 2.84. The van der Waals surface area contributed by atoms with Crippen LogP contribution in [-0.4, -0.2) is 19.1 Å². The number of anilines is 1. The maximum Gasteiger partial charge on any atom is 0.255 e. The molecule has 0 aliphatic heterocycles. The Morgan fingerprint density at radius 1 is 0.939 bits per heavy atom. The second-order valence-electron chi connectivity index (χ2n) is 7.32. The van der Waals surface area contributed by atoms with Gasteiger partial charge in [0, 0.05) is 16.8 Å². The molecular formula is C27H28N2O4. The zero-order chi connectivity index (χ0) is 23.5. The number of nitrogens with zero attached hydrogens (tertiary/aromatic N) is 1. The third-order valence-electron chi connectivity index (χ3n) is 4.83. The molecule has 0 spiro atoms. The summed E-state index contributed by atoms with van der Waals surface area (Å²) in [6.07, 6.45) is 1.25. The minimum atomic E-state index is -0.244. The van der Waals surface area contributed by atoms with Crippen LogP contribution in [0.1, 0.15) is 41.8 Å². The van der Waals surface area contributed by atoms with Crippen LogP contribution < -0.4 is 19.5 Å². The smallest absolute Gasteiger partial charge is 0.255 e. The normalized spacial score (nSPS) is 10.2. The number of carbonyl (C=O) groups is 1. The van der Waals surface area contributed by atoms with Crippen LogP contribution in [-0.2, 0) is 13.0 Å². The Labute approximate surface area is 194 Å². The third kappa shape index (κ3) is 6.75. The van der Waals surface area contributed by atoms with Gasteiger partial charge in [0.2, 0.25) is 0 Å². The number of hydrogen-bond acceptors (Lipinski definition) is 5. The van der Waals surface area contributed by atoms with Gasteiger partial charge in [0.15, 0.2) is 11.5 Å². The van der Waals surface area contributed by atoms with E-state index in [2.05, 4.69) is 11.4 Å². The number of nitriles is 1. The molecule has 6 nitrogen and oxygen atoms in total. The molecule has 3 aromatic carbocycles. The number of ether oxygens (including phenoxy) is 3. The fourth-order valence-electron chi connectivity index (χ4n) is 3.17. The van der Waals surface area contributed by atoms with Crippen molar-refractivity contribution in [2.24, 2.45) is 0 Å². The molecule has 0 aliphatic rings. The highest BCUT2D eigenvalue weighted by Gasteiger charge is 2.14. The largest absolute Gasteiger partial charge is 0.490 e. The van der Waals surface area contributed by atoms with Gasteiger partial charge in [0.05, 0.1) is 25.7 Å². The molecule has 0 heterocycles. The maximum atomic E-state index is 12.9. The Kier molecular flexibility index (Phi) is 8.72. The maximum absolute atomic E-state index is 12.9. The first-order valence-corrected chi connectivity index (χ1v) is 11.0. The van der Waals surface area contributed by atoms with Gasteiger partial charge in [-0.25, -0.2) is 0 Å². The monoisotopic (exact) mass is 444 g/mol. The molecule has 3 aromatic rings. The van der Waals surface area contributed by atoms with Crippen LogP contribution in [0.4, 0.5) is 5.69 Å². The average molecular weight is 445 g/mol.